The number of likely N-dealkylation sites (N-methyl/N-ethyl adjacent to an activating group) is 1. The average Bonchev–Trinajstić information content (AvgIpc) is 3.15. The molecule has 2 rings (SSSR count). The van der Waals surface area contributed by atoms with E-state index in [9.17, 15) is 18.0 Å². The van der Waals surface area contributed by atoms with Crippen molar-refractivity contribution in [3.8, 4) is 0 Å². The van der Waals surface area contributed by atoms with Crippen LogP contribution in [0, 0.1) is 0 Å². The summed E-state index contributed by atoms with van der Waals surface area (Å²) in [6.07, 6.45) is 1.57. The second-order valence-electron chi connectivity index (χ2n) is 6.94. The van der Waals surface area contributed by atoms with Crippen molar-refractivity contribution in [1.82, 2.24) is 10.0 Å². The summed E-state index contributed by atoms with van der Waals surface area (Å²) < 4.78 is 32.8. The van der Waals surface area contributed by atoms with E-state index in [2.05, 4.69) is 15.4 Å². The lowest BCUT2D eigenvalue weighted by Gasteiger charge is -2.21. The van der Waals surface area contributed by atoms with Crippen LogP contribution < -0.4 is 20.3 Å². The molecule has 1 aromatic carbocycles. The van der Waals surface area contributed by atoms with E-state index < -0.39 is 22.0 Å². The number of rotatable bonds is 9. The van der Waals surface area contributed by atoms with Gasteiger partial charge in [-0.15, -0.1) is 0 Å². The number of amides is 2. The van der Waals surface area contributed by atoms with Crippen molar-refractivity contribution < 1.29 is 27.3 Å². The van der Waals surface area contributed by atoms with E-state index in [1.165, 1.54) is 38.1 Å². The fraction of sp³-hybridized carbons (Fsp3) is 0.368. The number of hydrogen-bond acceptors (Lipinski definition) is 5. The number of anilines is 1. The highest BCUT2D eigenvalue weighted by atomic mass is 32.2. The minimum atomic E-state index is -3.90. The van der Waals surface area contributed by atoms with Crippen LogP contribution in [-0.2, 0) is 19.6 Å². The molecule has 0 saturated heterocycles. The van der Waals surface area contributed by atoms with Crippen molar-refractivity contribution in [2.75, 3.05) is 26.0 Å². The lowest BCUT2D eigenvalue weighted by molar-refractivity contribution is -0.891. The Morgan fingerprint density at radius 3 is 2.31 bits per heavy atom. The second-order valence-corrected chi connectivity index (χ2v) is 8.65. The van der Waals surface area contributed by atoms with Crippen LogP contribution in [-0.4, -0.2) is 46.9 Å². The predicted molar refractivity (Wildman–Crippen MR) is 108 cm³/mol. The van der Waals surface area contributed by atoms with Crippen molar-refractivity contribution in [2.45, 2.75) is 30.8 Å². The van der Waals surface area contributed by atoms with Gasteiger partial charge in [0.1, 0.15) is 0 Å². The summed E-state index contributed by atoms with van der Waals surface area (Å²) in [5.74, 6) is 0.0375. The first-order valence-corrected chi connectivity index (χ1v) is 10.6. The number of hydrogen-bond donors (Lipinski definition) is 4. The monoisotopic (exact) mass is 423 g/mol. The molecule has 10 heteroatoms. The molecule has 158 valence electrons. The van der Waals surface area contributed by atoms with Gasteiger partial charge >= 0.3 is 0 Å². The first-order chi connectivity index (χ1) is 13.6. The molecule has 2 amide bonds. The Labute approximate surface area is 170 Å². The molecule has 2 atom stereocenters. The molecule has 0 aliphatic rings. The van der Waals surface area contributed by atoms with Crippen LogP contribution in [0.4, 0.5) is 5.69 Å². The smallest absolute Gasteiger partial charge is 0.241 e. The normalized spacial score (nSPS) is 13.7. The molecule has 29 heavy (non-hydrogen) atoms. The number of benzene rings is 1. The van der Waals surface area contributed by atoms with Gasteiger partial charge in [-0.05, 0) is 43.3 Å². The van der Waals surface area contributed by atoms with Crippen LogP contribution in [0.25, 0.3) is 0 Å². The minimum Gasteiger partial charge on any atom is -0.463 e. The maximum atomic E-state index is 12.5. The van der Waals surface area contributed by atoms with Gasteiger partial charge in [-0.25, -0.2) is 8.42 Å². The zero-order chi connectivity index (χ0) is 21.6. The SMILES string of the molecule is CC(=O)Nc1ccc(S(=O)(=O)N[C@H](C)C(=O)NC[C@H](c2ccco2)[NH+](C)C)cc1. The molecule has 9 nitrogen and oxygen atoms in total. The topological polar surface area (TPSA) is 122 Å². The Balaban J connectivity index is 1.97. The number of furan rings is 1. The van der Waals surface area contributed by atoms with Crippen molar-refractivity contribution in [2.24, 2.45) is 0 Å². The number of quaternary nitrogens is 1. The first-order valence-electron chi connectivity index (χ1n) is 9.11. The molecule has 2 aromatic rings. The fourth-order valence-corrected chi connectivity index (χ4v) is 3.91. The van der Waals surface area contributed by atoms with Gasteiger partial charge in [0.25, 0.3) is 0 Å². The van der Waals surface area contributed by atoms with Crippen LogP contribution in [0.5, 0.6) is 0 Å². The quantitative estimate of drug-likeness (QED) is 0.449. The van der Waals surface area contributed by atoms with E-state index >= 15 is 0 Å². The predicted octanol–water partition coefficient (Wildman–Crippen LogP) is -0.0932. The van der Waals surface area contributed by atoms with Crippen LogP contribution in [0.2, 0.25) is 0 Å². The highest BCUT2D eigenvalue weighted by Gasteiger charge is 2.25. The number of carbonyl (C=O) groups excluding carboxylic acids is 2. The van der Waals surface area contributed by atoms with Gasteiger partial charge in [-0.2, -0.15) is 4.72 Å². The van der Waals surface area contributed by atoms with Crippen molar-refractivity contribution in [3.63, 3.8) is 0 Å². The molecule has 0 aliphatic heterocycles. The maximum absolute atomic E-state index is 12.5. The standard InChI is InChI=1S/C19H26N4O5S/c1-13(19(25)20-12-17(23(3)4)18-6-5-11-28-18)22-29(26,27)16-9-7-15(8-10-16)21-14(2)24/h5-11,13,17,22H,12H2,1-4H3,(H,20,25)(H,21,24)/p+1/t13-,17-/m1/s1. The van der Waals surface area contributed by atoms with Crippen LogP contribution in [0.1, 0.15) is 25.6 Å². The van der Waals surface area contributed by atoms with E-state index in [0.717, 1.165) is 10.7 Å². The summed E-state index contributed by atoms with van der Waals surface area (Å²) in [5, 5.41) is 5.33. The Morgan fingerprint density at radius 1 is 1.14 bits per heavy atom. The molecular weight excluding hydrogens is 396 g/mol. The Hall–Kier alpha value is -2.69. The molecule has 1 aromatic heterocycles. The maximum Gasteiger partial charge on any atom is 0.241 e. The van der Waals surface area contributed by atoms with Gasteiger partial charge in [0.05, 0.1) is 37.8 Å². The van der Waals surface area contributed by atoms with E-state index in [-0.39, 0.29) is 16.8 Å². The molecule has 4 N–H and O–H groups in total. The summed E-state index contributed by atoms with van der Waals surface area (Å²) in [7, 11) is -0.0140. The second kappa shape index (κ2) is 9.68. The van der Waals surface area contributed by atoms with Gasteiger partial charge < -0.3 is 20.0 Å². The Bertz CT molecular complexity index is 924. The molecular formula is C19H27N4O5S+. The van der Waals surface area contributed by atoms with E-state index in [1.807, 2.05) is 20.2 Å². The summed E-state index contributed by atoms with van der Waals surface area (Å²) in [6, 6.07) is 8.23. The van der Waals surface area contributed by atoms with Gasteiger partial charge in [-0.1, -0.05) is 0 Å². The molecule has 0 radical (unpaired) electrons. The summed E-state index contributed by atoms with van der Waals surface area (Å²) in [4.78, 5) is 24.5. The summed E-state index contributed by atoms with van der Waals surface area (Å²) >= 11 is 0. The highest BCUT2D eigenvalue weighted by molar-refractivity contribution is 7.89. The van der Waals surface area contributed by atoms with Gasteiger partial charge in [0.2, 0.25) is 21.8 Å². The van der Waals surface area contributed by atoms with Crippen LogP contribution in [0.15, 0.2) is 52.0 Å². The Morgan fingerprint density at radius 2 is 1.79 bits per heavy atom. The van der Waals surface area contributed by atoms with Gasteiger partial charge in [0.15, 0.2) is 11.8 Å². The van der Waals surface area contributed by atoms with Crippen molar-refractivity contribution in [3.05, 3.63) is 48.4 Å². The fourth-order valence-electron chi connectivity index (χ4n) is 2.71. The summed E-state index contributed by atoms with van der Waals surface area (Å²) in [5.41, 5.74) is 0.484. The Kier molecular flexibility index (Phi) is 7.54. The number of carbonyl (C=O) groups is 2. The largest absolute Gasteiger partial charge is 0.463 e. The lowest BCUT2D eigenvalue weighted by Crippen LogP contribution is -3.07. The molecule has 0 saturated carbocycles. The van der Waals surface area contributed by atoms with Gasteiger partial charge in [0, 0.05) is 12.6 Å². The third-order valence-corrected chi connectivity index (χ3v) is 5.83. The highest BCUT2D eigenvalue weighted by Crippen LogP contribution is 2.14. The molecule has 0 unspecified atom stereocenters. The van der Waals surface area contributed by atoms with Gasteiger partial charge in [-0.3, -0.25) is 9.59 Å². The third-order valence-electron chi connectivity index (χ3n) is 4.27. The zero-order valence-electron chi connectivity index (χ0n) is 16.9. The molecule has 1 heterocycles. The molecule has 0 fully saturated rings. The van der Waals surface area contributed by atoms with E-state index in [4.69, 9.17) is 4.42 Å². The minimum absolute atomic E-state index is 0.00236. The van der Waals surface area contributed by atoms with E-state index in [0.29, 0.717) is 12.2 Å². The first kappa shape index (κ1) is 22.6. The van der Waals surface area contributed by atoms with Crippen LogP contribution in [0.3, 0.4) is 0 Å². The van der Waals surface area contributed by atoms with Crippen LogP contribution >= 0.6 is 0 Å². The molecule has 0 bridgehead atoms. The van der Waals surface area contributed by atoms with E-state index in [1.54, 1.807) is 12.3 Å². The number of sulfonamides is 1. The molecule has 0 aliphatic carbocycles. The van der Waals surface area contributed by atoms with Crippen molar-refractivity contribution >= 4 is 27.5 Å². The van der Waals surface area contributed by atoms with Crippen molar-refractivity contribution in [1.29, 1.82) is 0 Å². The third kappa shape index (κ3) is 6.41. The lowest BCUT2D eigenvalue weighted by atomic mass is 10.2. The number of nitrogens with one attached hydrogen (secondary N) is 4. The zero-order valence-corrected chi connectivity index (χ0v) is 17.7. The average molecular weight is 424 g/mol. The summed E-state index contributed by atoms with van der Waals surface area (Å²) in [6.45, 7) is 3.13. The molecule has 0 spiro atoms.